The molecular formula is C30H31N2O8S2+. The summed E-state index contributed by atoms with van der Waals surface area (Å²) in [6.07, 6.45) is 4.81. The number of rotatable bonds is 12. The monoisotopic (exact) mass is 611 g/mol. The molecule has 12 heteroatoms. The Kier molecular flexibility index (Phi) is 9.19. The molecule has 1 aliphatic heterocycles. The quantitative estimate of drug-likeness (QED) is 0.0942. The van der Waals surface area contributed by atoms with E-state index < -0.39 is 27.2 Å². The van der Waals surface area contributed by atoms with Crippen LogP contribution in [-0.2, 0) is 32.2 Å². The smallest absolute Gasteiger partial charge is 0.374 e. The SMILES string of the molecule is CCC(=Cc1oc2ccccc2[n+]1CCCOS(=O)O)C=C1Oc2ccc(-c3ccccc3)cc2N1CCS(=O)(=O)O. The van der Waals surface area contributed by atoms with Gasteiger partial charge in [0.2, 0.25) is 11.5 Å². The summed E-state index contributed by atoms with van der Waals surface area (Å²) in [7, 11) is -4.22. The summed E-state index contributed by atoms with van der Waals surface area (Å²) < 4.78 is 71.8. The van der Waals surface area contributed by atoms with Crippen LogP contribution in [0.2, 0.25) is 0 Å². The van der Waals surface area contributed by atoms with Crippen LogP contribution in [-0.4, -0.2) is 40.6 Å². The molecule has 0 spiro atoms. The van der Waals surface area contributed by atoms with Gasteiger partial charge in [-0.1, -0.05) is 55.5 Å². The summed E-state index contributed by atoms with van der Waals surface area (Å²) in [6, 6.07) is 23.1. The number of aromatic nitrogens is 1. The molecule has 42 heavy (non-hydrogen) atoms. The number of para-hydroxylation sites is 2. The van der Waals surface area contributed by atoms with Crippen LogP contribution in [0.3, 0.4) is 0 Å². The Morgan fingerprint density at radius 2 is 1.83 bits per heavy atom. The van der Waals surface area contributed by atoms with E-state index in [1.165, 1.54) is 0 Å². The van der Waals surface area contributed by atoms with E-state index in [4.69, 9.17) is 17.9 Å². The molecule has 0 radical (unpaired) electrons. The van der Waals surface area contributed by atoms with E-state index in [-0.39, 0.29) is 13.2 Å². The number of ether oxygens (including phenoxy) is 1. The van der Waals surface area contributed by atoms with Crippen molar-refractivity contribution in [3.05, 3.63) is 96.2 Å². The average Bonchev–Trinajstić information content (AvgIpc) is 3.50. The lowest BCUT2D eigenvalue weighted by molar-refractivity contribution is -0.678. The number of hydrogen-bond acceptors (Lipinski definition) is 7. The highest BCUT2D eigenvalue weighted by molar-refractivity contribution is 7.85. The van der Waals surface area contributed by atoms with Crippen molar-refractivity contribution in [3.63, 3.8) is 0 Å². The lowest BCUT2D eigenvalue weighted by atomic mass is 10.0. The molecule has 3 aromatic carbocycles. The molecule has 0 amide bonds. The summed E-state index contributed by atoms with van der Waals surface area (Å²) in [4.78, 5) is 1.75. The van der Waals surface area contributed by atoms with Crippen molar-refractivity contribution in [1.82, 2.24) is 0 Å². The van der Waals surface area contributed by atoms with Gasteiger partial charge in [-0.2, -0.15) is 17.2 Å². The topological polar surface area (TPSA) is 130 Å². The highest BCUT2D eigenvalue weighted by Crippen LogP contribution is 2.42. The van der Waals surface area contributed by atoms with Crippen molar-refractivity contribution in [2.75, 3.05) is 23.8 Å². The maximum absolute atomic E-state index is 11.7. The van der Waals surface area contributed by atoms with Gasteiger partial charge in [0.15, 0.2) is 12.3 Å². The van der Waals surface area contributed by atoms with Gasteiger partial charge in [-0.15, -0.1) is 0 Å². The Morgan fingerprint density at radius 1 is 1.07 bits per heavy atom. The predicted octanol–water partition coefficient (Wildman–Crippen LogP) is 5.35. The molecule has 4 aromatic rings. The first-order chi connectivity index (χ1) is 20.2. The molecular weight excluding hydrogens is 580 g/mol. The molecule has 10 nitrogen and oxygen atoms in total. The summed E-state index contributed by atoms with van der Waals surface area (Å²) in [5.41, 5.74) is 5.04. The van der Waals surface area contributed by atoms with Gasteiger partial charge in [-0.25, -0.2) is 0 Å². The van der Waals surface area contributed by atoms with Crippen molar-refractivity contribution >= 4 is 44.3 Å². The molecule has 1 aliphatic rings. The Morgan fingerprint density at radius 3 is 2.57 bits per heavy atom. The summed E-state index contributed by atoms with van der Waals surface area (Å²) in [5, 5.41) is 0. The van der Waals surface area contributed by atoms with Crippen LogP contribution >= 0.6 is 0 Å². The summed E-state index contributed by atoms with van der Waals surface area (Å²) in [5.74, 6) is 1.10. The highest BCUT2D eigenvalue weighted by Gasteiger charge is 2.29. The molecule has 1 unspecified atom stereocenters. The predicted molar refractivity (Wildman–Crippen MR) is 160 cm³/mol. The first-order valence-corrected chi connectivity index (χ1v) is 16.0. The van der Waals surface area contributed by atoms with E-state index in [1.54, 1.807) is 4.90 Å². The van der Waals surface area contributed by atoms with Gasteiger partial charge in [-0.05, 0) is 41.3 Å². The standard InChI is InChI=1S/C30H30N2O8S2/c1-2-22(19-29-31(15-8-17-38-41(33)34)25-11-6-7-12-27(25)39-29)20-30-32(16-18-42(35,36)37)26-21-24(13-14-28(26)40-30)23-9-4-3-5-10-23/h3-7,9-14,19-21H,2,8,15-18H2,1H3,(H-,33,34,35,36,37)/p+1. The van der Waals surface area contributed by atoms with Gasteiger partial charge < -0.3 is 14.1 Å². The van der Waals surface area contributed by atoms with E-state index in [2.05, 4.69) is 0 Å². The van der Waals surface area contributed by atoms with Crippen LogP contribution in [0.1, 0.15) is 25.7 Å². The third-order valence-electron chi connectivity index (χ3n) is 6.78. The fraction of sp³-hybridized carbons (Fsp3) is 0.233. The molecule has 220 valence electrons. The molecule has 0 saturated carbocycles. The number of aryl methyl sites for hydroxylation is 1. The number of fused-ring (bicyclic) bond motifs is 2. The second-order valence-electron chi connectivity index (χ2n) is 9.60. The number of nitrogens with zero attached hydrogens (tertiary/aromatic N) is 2. The second-order valence-corrected chi connectivity index (χ2v) is 11.8. The van der Waals surface area contributed by atoms with Crippen LogP contribution in [0.5, 0.6) is 5.75 Å². The van der Waals surface area contributed by atoms with Crippen molar-refractivity contribution in [3.8, 4) is 16.9 Å². The number of hydrogen-bond donors (Lipinski definition) is 2. The van der Waals surface area contributed by atoms with E-state index in [1.807, 2.05) is 96.4 Å². The van der Waals surface area contributed by atoms with Gasteiger partial charge in [0, 0.05) is 25.1 Å². The number of allylic oxidation sites excluding steroid dienone is 2. The summed E-state index contributed by atoms with van der Waals surface area (Å²) in [6.45, 7) is 2.56. The third kappa shape index (κ3) is 7.15. The normalized spacial score (nSPS) is 15.3. The molecule has 2 N–H and O–H groups in total. The molecule has 0 saturated heterocycles. The molecule has 0 fully saturated rings. The zero-order valence-corrected chi connectivity index (χ0v) is 24.5. The van der Waals surface area contributed by atoms with Crippen molar-refractivity contribution in [2.45, 2.75) is 26.3 Å². The lowest BCUT2D eigenvalue weighted by Gasteiger charge is -2.18. The Labute approximate surface area is 246 Å². The molecule has 5 rings (SSSR count). The number of oxazole rings is 1. The van der Waals surface area contributed by atoms with E-state index in [0.717, 1.165) is 22.2 Å². The number of benzene rings is 3. The van der Waals surface area contributed by atoms with Gasteiger partial charge in [0.1, 0.15) is 0 Å². The molecule has 1 atom stereocenters. The van der Waals surface area contributed by atoms with Crippen LogP contribution in [0.15, 0.2) is 94.7 Å². The first kappa shape index (κ1) is 29.7. The fourth-order valence-electron chi connectivity index (χ4n) is 4.76. The second kappa shape index (κ2) is 13.0. The fourth-order valence-corrected chi connectivity index (χ4v) is 5.44. The maximum atomic E-state index is 11.7. The minimum absolute atomic E-state index is 0.0101. The van der Waals surface area contributed by atoms with E-state index >= 15 is 0 Å². The molecule has 0 bridgehead atoms. The minimum atomic E-state index is -4.22. The third-order valence-corrected chi connectivity index (χ3v) is 7.85. The number of anilines is 1. The highest BCUT2D eigenvalue weighted by atomic mass is 32.2. The zero-order valence-electron chi connectivity index (χ0n) is 22.9. The lowest BCUT2D eigenvalue weighted by Crippen LogP contribution is -2.36. The Bertz CT molecular complexity index is 1760. The zero-order chi connectivity index (χ0) is 29.7. The van der Waals surface area contributed by atoms with Crippen LogP contribution in [0, 0.1) is 0 Å². The van der Waals surface area contributed by atoms with Gasteiger partial charge in [0.05, 0.1) is 24.1 Å². The minimum Gasteiger partial charge on any atom is -0.439 e. The Hall–Kier alpha value is -3.81. The van der Waals surface area contributed by atoms with Gasteiger partial charge in [-0.3, -0.25) is 13.3 Å². The summed E-state index contributed by atoms with van der Waals surface area (Å²) >= 11 is -2.32. The first-order valence-electron chi connectivity index (χ1n) is 13.4. The van der Waals surface area contributed by atoms with Crippen LogP contribution in [0.25, 0.3) is 28.3 Å². The average molecular weight is 612 g/mol. The van der Waals surface area contributed by atoms with Crippen molar-refractivity contribution in [1.29, 1.82) is 0 Å². The molecule has 0 aliphatic carbocycles. The largest absolute Gasteiger partial charge is 0.439 e. The van der Waals surface area contributed by atoms with Gasteiger partial charge in [0.25, 0.3) is 15.6 Å². The maximum Gasteiger partial charge on any atom is 0.374 e. The van der Waals surface area contributed by atoms with E-state index in [0.29, 0.717) is 48.2 Å². The van der Waals surface area contributed by atoms with Crippen LogP contribution in [0.4, 0.5) is 5.69 Å². The molecule has 1 aromatic heterocycles. The van der Waals surface area contributed by atoms with E-state index in [9.17, 15) is 17.2 Å². The van der Waals surface area contributed by atoms with Gasteiger partial charge >= 0.3 is 17.3 Å². The van der Waals surface area contributed by atoms with Crippen LogP contribution < -0.4 is 14.2 Å². The Balaban J connectivity index is 1.50. The van der Waals surface area contributed by atoms with Crippen molar-refractivity contribution in [2.24, 2.45) is 0 Å². The van der Waals surface area contributed by atoms with Crippen molar-refractivity contribution < 1.29 is 39.6 Å². The molecule has 2 heterocycles.